The summed E-state index contributed by atoms with van der Waals surface area (Å²) in [5.74, 6) is 0.897. The number of thioether (sulfide) groups is 1. The van der Waals surface area contributed by atoms with Crippen LogP contribution in [0.1, 0.15) is 27.2 Å². The molecule has 32 heavy (non-hydrogen) atoms. The number of amides is 1. The monoisotopic (exact) mass is 438 g/mol. The molecule has 6 heteroatoms. The molecule has 2 N–H and O–H groups in total. The number of nitrogens with one attached hydrogen (secondary N) is 2. The van der Waals surface area contributed by atoms with Crippen molar-refractivity contribution in [3.8, 4) is 0 Å². The first-order chi connectivity index (χ1) is 15.7. The van der Waals surface area contributed by atoms with Crippen LogP contribution in [0.2, 0.25) is 0 Å². The second-order valence-corrected chi connectivity index (χ2v) is 9.11. The molecule has 5 aromatic rings. The van der Waals surface area contributed by atoms with E-state index in [2.05, 4.69) is 33.2 Å². The van der Waals surface area contributed by atoms with Crippen molar-refractivity contribution in [1.29, 1.82) is 0 Å². The quantitative estimate of drug-likeness (QED) is 0.362. The summed E-state index contributed by atoms with van der Waals surface area (Å²) in [4.78, 5) is 26.6. The van der Waals surface area contributed by atoms with Crippen molar-refractivity contribution in [2.75, 3.05) is 6.54 Å². The third-order valence-corrected chi connectivity index (χ3v) is 7.06. The molecule has 0 atom stereocenters. The molecule has 6 rings (SSSR count). The van der Waals surface area contributed by atoms with Crippen molar-refractivity contribution in [2.24, 2.45) is 0 Å². The molecule has 0 unspecified atom stereocenters. The largest absolute Gasteiger partial charge is 0.358 e. The summed E-state index contributed by atoms with van der Waals surface area (Å²) in [7, 11) is 0. The van der Waals surface area contributed by atoms with Gasteiger partial charge in [0.15, 0.2) is 5.16 Å². The Labute approximate surface area is 189 Å². The van der Waals surface area contributed by atoms with Crippen molar-refractivity contribution >= 4 is 39.6 Å². The lowest BCUT2D eigenvalue weighted by molar-refractivity contribution is 0.0735. The maximum atomic E-state index is 13.2. The normalized spacial score (nSPS) is 13.6. The van der Waals surface area contributed by atoms with E-state index in [1.54, 1.807) is 11.8 Å². The van der Waals surface area contributed by atoms with Gasteiger partial charge in [0.1, 0.15) is 0 Å². The zero-order valence-corrected chi connectivity index (χ0v) is 18.3. The second kappa shape index (κ2) is 7.88. The van der Waals surface area contributed by atoms with Gasteiger partial charge in [0, 0.05) is 53.0 Å². The summed E-state index contributed by atoms with van der Waals surface area (Å²) in [5, 5.41) is 2.13. The van der Waals surface area contributed by atoms with E-state index < -0.39 is 0 Å². The molecule has 0 bridgehead atoms. The summed E-state index contributed by atoms with van der Waals surface area (Å²) in [6.07, 6.45) is 0.863. The Kier molecular flexibility index (Phi) is 4.72. The minimum absolute atomic E-state index is 0.0948. The van der Waals surface area contributed by atoms with Gasteiger partial charge in [0.25, 0.3) is 5.91 Å². The molecule has 3 aromatic carbocycles. The third-order valence-electron chi connectivity index (χ3n) is 6.11. The van der Waals surface area contributed by atoms with Crippen molar-refractivity contribution in [3.63, 3.8) is 0 Å². The van der Waals surface area contributed by atoms with Gasteiger partial charge in [0.2, 0.25) is 0 Å². The van der Waals surface area contributed by atoms with E-state index in [4.69, 9.17) is 0 Å². The summed E-state index contributed by atoms with van der Waals surface area (Å²) in [6.45, 7) is 1.39. The molecule has 0 aliphatic carbocycles. The first-order valence-corrected chi connectivity index (χ1v) is 11.8. The SMILES string of the molecule is O=C(c1ccc(CSc2nc3ccccc3[nH]2)cc1)N1CCc2[nH]c3ccccc3c2C1. The molecule has 5 nitrogen and oxygen atoms in total. The number of aromatic amines is 2. The highest BCUT2D eigenvalue weighted by molar-refractivity contribution is 7.98. The first kappa shape index (κ1) is 19.2. The summed E-state index contributed by atoms with van der Waals surface area (Å²) in [6, 6.07) is 24.4. The van der Waals surface area contributed by atoms with Gasteiger partial charge >= 0.3 is 0 Å². The average Bonchev–Trinajstić information content (AvgIpc) is 3.43. The number of aromatic nitrogens is 3. The van der Waals surface area contributed by atoms with Crippen LogP contribution in [0, 0.1) is 0 Å². The number of carbonyl (C=O) groups excluding carboxylic acids is 1. The third kappa shape index (κ3) is 3.46. The Morgan fingerprint density at radius 2 is 1.72 bits per heavy atom. The zero-order chi connectivity index (χ0) is 21.5. The van der Waals surface area contributed by atoms with Crippen molar-refractivity contribution < 1.29 is 4.79 Å². The van der Waals surface area contributed by atoms with Gasteiger partial charge in [-0.2, -0.15) is 0 Å². The smallest absolute Gasteiger partial charge is 0.254 e. The summed E-state index contributed by atoms with van der Waals surface area (Å²) < 4.78 is 0. The van der Waals surface area contributed by atoms with Crippen LogP contribution in [-0.4, -0.2) is 32.3 Å². The molecule has 1 aliphatic rings. The van der Waals surface area contributed by atoms with Gasteiger partial charge in [-0.05, 0) is 35.9 Å². The van der Waals surface area contributed by atoms with E-state index in [0.717, 1.165) is 46.0 Å². The number of carbonyl (C=O) groups is 1. The van der Waals surface area contributed by atoms with E-state index in [-0.39, 0.29) is 5.91 Å². The number of fused-ring (bicyclic) bond motifs is 4. The van der Waals surface area contributed by atoms with Crippen LogP contribution in [0.5, 0.6) is 0 Å². The minimum Gasteiger partial charge on any atom is -0.358 e. The van der Waals surface area contributed by atoms with Crippen molar-refractivity contribution in [2.45, 2.75) is 23.9 Å². The Morgan fingerprint density at radius 3 is 2.56 bits per heavy atom. The van der Waals surface area contributed by atoms with Crippen LogP contribution in [0.3, 0.4) is 0 Å². The van der Waals surface area contributed by atoms with Crippen LogP contribution in [0.25, 0.3) is 21.9 Å². The Hall–Kier alpha value is -3.51. The summed E-state index contributed by atoms with van der Waals surface area (Å²) >= 11 is 1.67. The highest BCUT2D eigenvalue weighted by Crippen LogP contribution is 2.28. The van der Waals surface area contributed by atoms with Crippen LogP contribution in [0.15, 0.2) is 78.0 Å². The molecule has 1 amide bonds. The van der Waals surface area contributed by atoms with Gasteiger partial charge < -0.3 is 14.9 Å². The van der Waals surface area contributed by atoms with Crippen molar-refractivity contribution in [1.82, 2.24) is 19.9 Å². The molecule has 1 aliphatic heterocycles. The van der Waals surface area contributed by atoms with Gasteiger partial charge in [0.05, 0.1) is 11.0 Å². The minimum atomic E-state index is 0.0948. The number of hydrogen-bond donors (Lipinski definition) is 2. The summed E-state index contributed by atoms with van der Waals surface area (Å²) in [5.41, 5.74) is 7.60. The molecule has 0 saturated carbocycles. The lowest BCUT2D eigenvalue weighted by atomic mass is 10.0. The van der Waals surface area contributed by atoms with E-state index in [9.17, 15) is 4.79 Å². The van der Waals surface area contributed by atoms with Gasteiger partial charge in [-0.25, -0.2) is 4.98 Å². The highest BCUT2D eigenvalue weighted by Gasteiger charge is 2.24. The number of imidazole rings is 1. The Bertz CT molecular complexity index is 1400. The van der Waals surface area contributed by atoms with Crippen molar-refractivity contribution in [3.05, 3.63) is 95.2 Å². The molecule has 158 valence electrons. The van der Waals surface area contributed by atoms with E-state index in [0.29, 0.717) is 6.54 Å². The lowest BCUT2D eigenvalue weighted by Crippen LogP contribution is -2.35. The fraction of sp³-hybridized carbons (Fsp3) is 0.154. The van der Waals surface area contributed by atoms with Gasteiger partial charge in [-0.15, -0.1) is 0 Å². The molecular formula is C26H22N4OS. The maximum Gasteiger partial charge on any atom is 0.254 e. The van der Waals surface area contributed by atoms with Crippen LogP contribution in [-0.2, 0) is 18.7 Å². The maximum absolute atomic E-state index is 13.2. The number of para-hydroxylation sites is 3. The van der Waals surface area contributed by atoms with E-state index >= 15 is 0 Å². The number of rotatable bonds is 4. The first-order valence-electron chi connectivity index (χ1n) is 10.8. The second-order valence-electron chi connectivity index (χ2n) is 8.15. The molecule has 0 radical (unpaired) electrons. The van der Waals surface area contributed by atoms with Gasteiger partial charge in [-0.3, -0.25) is 4.79 Å². The molecule has 2 aromatic heterocycles. The predicted molar refractivity (Wildman–Crippen MR) is 129 cm³/mol. The molecule has 0 spiro atoms. The molecule has 0 saturated heterocycles. The number of nitrogens with zero attached hydrogens (tertiary/aromatic N) is 2. The Morgan fingerprint density at radius 1 is 0.938 bits per heavy atom. The van der Waals surface area contributed by atoms with Crippen LogP contribution in [0.4, 0.5) is 0 Å². The zero-order valence-electron chi connectivity index (χ0n) is 17.5. The molecular weight excluding hydrogens is 416 g/mol. The average molecular weight is 439 g/mol. The number of benzene rings is 3. The Balaban J connectivity index is 1.14. The number of hydrogen-bond acceptors (Lipinski definition) is 3. The standard InChI is InChI=1S/C26H22N4OS/c31-25(30-14-13-22-20(15-30)19-5-1-2-6-21(19)27-22)18-11-9-17(10-12-18)16-32-26-28-23-7-3-4-8-24(23)29-26/h1-12,27H,13-16H2,(H,28,29). The fourth-order valence-electron chi connectivity index (χ4n) is 4.42. The highest BCUT2D eigenvalue weighted by atomic mass is 32.2. The van der Waals surface area contributed by atoms with Crippen LogP contribution >= 0.6 is 11.8 Å². The van der Waals surface area contributed by atoms with Crippen LogP contribution < -0.4 is 0 Å². The van der Waals surface area contributed by atoms with Gasteiger partial charge in [-0.1, -0.05) is 54.2 Å². The fourth-order valence-corrected chi connectivity index (χ4v) is 5.26. The number of H-pyrrole nitrogens is 2. The molecule has 3 heterocycles. The van der Waals surface area contributed by atoms with E-state index in [1.165, 1.54) is 22.2 Å². The lowest BCUT2D eigenvalue weighted by Gasteiger charge is -2.27. The predicted octanol–water partition coefficient (Wildman–Crippen LogP) is 5.54. The molecule has 0 fully saturated rings. The van der Waals surface area contributed by atoms with E-state index in [1.807, 2.05) is 59.5 Å². The topological polar surface area (TPSA) is 64.8 Å².